The van der Waals surface area contributed by atoms with Gasteiger partial charge in [0.1, 0.15) is 0 Å². The van der Waals surface area contributed by atoms with Crippen molar-refractivity contribution in [3.8, 4) is 33.4 Å². The summed E-state index contributed by atoms with van der Waals surface area (Å²) < 4.78 is 146. The van der Waals surface area contributed by atoms with Crippen molar-refractivity contribution in [3.05, 3.63) is 354 Å². The molecule has 0 bridgehead atoms. The lowest BCUT2D eigenvalue weighted by molar-refractivity contribution is 0.568. The summed E-state index contributed by atoms with van der Waals surface area (Å²) in [5.41, 5.74) is 19.6. The Morgan fingerprint density at radius 1 is 0.209 bits per heavy atom. The van der Waals surface area contributed by atoms with Crippen molar-refractivity contribution >= 4 is 177 Å². The molecule has 2 aliphatic rings. The Morgan fingerprint density at radius 2 is 0.504 bits per heavy atom. The minimum Gasteiger partial charge on any atom is -0.311 e. The summed E-state index contributed by atoms with van der Waals surface area (Å²) in [5, 5.41) is 7.68. The summed E-state index contributed by atoms with van der Waals surface area (Å²) in [7, 11) is 0. The summed E-state index contributed by atoms with van der Waals surface area (Å²) in [6.07, 6.45) is 0. The molecule has 0 atom stereocenters. The monoisotopic (exact) mass is 1690 g/mol. The number of nitrogens with zero attached hydrogens (tertiary/aromatic N) is 4. The number of rotatable bonds is 5. The number of fused-ring (bicyclic) bond motifs is 24. The zero-order chi connectivity index (χ0) is 102. The van der Waals surface area contributed by atoms with Crippen molar-refractivity contribution in [2.45, 2.75) is 183 Å². The van der Waals surface area contributed by atoms with Crippen molar-refractivity contribution in [1.82, 2.24) is 8.80 Å². The van der Waals surface area contributed by atoms with Crippen LogP contribution in [0.5, 0.6) is 0 Å². The summed E-state index contributed by atoms with van der Waals surface area (Å²) in [4.78, 5) is 4.93. The van der Waals surface area contributed by atoms with Crippen molar-refractivity contribution in [1.29, 1.82) is 0 Å². The fourth-order valence-corrected chi connectivity index (χ4v) is 20.7. The number of aromatic nitrogens is 2. The van der Waals surface area contributed by atoms with E-state index in [4.69, 9.17) is 0 Å². The summed E-state index contributed by atoms with van der Waals surface area (Å²) >= 11 is 0. The van der Waals surface area contributed by atoms with Gasteiger partial charge in [-0.05, 0) is 219 Å². The van der Waals surface area contributed by atoms with Gasteiger partial charge in [-0.3, -0.25) is 0 Å². The molecule has 20 aromatic rings. The highest BCUT2D eigenvalue weighted by Gasteiger charge is 2.46. The highest BCUT2D eigenvalue weighted by molar-refractivity contribution is 7.00. The second-order valence-corrected chi connectivity index (χ2v) is 43.5. The molecule has 0 fully saturated rings. The third-order valence-corrected chi connectivity index (χ3v) is 27.9. The van der Waals surface area contributed by atoms with E-state index in [1.54, 1.807) is 0 Å². The predicted molar refractivity (Wildman–Crippen MR) is 562 cm³/mol. The topological polar surface area (TPSA) is 15.3 Å². The van der Waals surface area contributed by atoms with Crippen LogP contribution < -0.4 is 26.2 Å². The lowest BCUT2D eigenvalue weighted by Crippen LogP contribution is -2.61. The molecule has 6 heterocycles. The molecule has 0 amide bonds. The summed E-state index contributed by atoms with van der Waals surface area (Å²) in [5.74, 6) is 0. The molecule has 0 N–H and O–H groups in total. The third-order valence-electron chi connectivity index (χ3n) is 27.9. The molecule has 0 aliphatic carbocycles. The van der Waals surface area contributed by atoms with Gasteiger partial charge in [0.25, 0.3) is 6.71 Å². The molecular weight excluding hydrogens is 1560 g/mol. The van der Waals surface area contributed by atoms with Crippen LogP contribution >= 0.6 is 0 Å². The maximum atomic E-state index is 10.6. The second-order valence-electron chi connectivity index (χ2n) is 43.5. The SMILES string of the molecule is [2H]c1c([2H])c([2H])c2c(c1[2H])c1c([2H])c([2H])c([2H])c3c4ccccc4c4ccccc4c4cc5c(cc4n2c31)N(c1ccc(C(C)(C)C)cc1-c1cc(C(C)(C)C)cc(C(C)(C)C)c1)c1cc(-c2ccc(C(C)(C)C)cc2)cc2c1B5c1cc3c4ccccc4c4ccccc4c4c([2H])c([2H])c([2H])c5c6c([2H])c([2H])c([2H])c([2H])c6n(c3cc1N2c1ccc(C(C)(C)C)cc1-c1cc(C(C)(C)C)cc(C(C)(C)C)c1)c45. The molecule has 5 heteroatoms. The van der Waals surface area contributed by atoms with Crippen LogP contribution in [0.3, 0.4) is 0 Å². The molecule has 16 aromatic carbocycles. The standard InChI is InChI=1S/C124H115BN4/c1-118(2,3)78-54-52-74(53-55-78)75-64-113-115-114(65-75)127(108-59-57-80(120(7,8)9)69-100(108)77-62-83(123(16,17)18)67-84(63-77)124(19,20)21)112-73-110-102(92-43-29-25-39-88(92)86-37-23-27-41-90(86)96-47-35-49-98-94-45-31-33-51-106(94)129(110)117(96)98)71-104(112)125(115)103-70-101-91-42-28-24-38-87(91)85-36-22-26-40-89(85)95-46-34-48-97-93-44-30-32-50-105(93)128(116(95)97)109(101)72-111(103)126(113)107-58-56-79(119(4,5)6)68-99(107)76-60-81(121(10,11)12)66-82(61-76)122(13,14)15/h22-73H,1-21H3/i30D,31D,32D,33D,34D,35D,44D,45D,46D,47D,48D,49D,50D,51D. The Balaban J connectivity index is 1.07. The van der Waals surface area contributed by atoms with Crippen LogP contribution in [-0.2, 0) is 37.9 Å². The van der Waals surface area contributed by atoms with E-state index in [1.807, 2.05) is 81.6 Å². The van der Waals surface area contributed by atoms with Gasteiger partial charge in [0, 0.05) is 77.0 Å². The van der Waals surface area contributed by atoms with Crippen LogP contribution in [0.4, 0.5) is 34.1 Å². The maximum Gasteiger partial charge on any atom is 0.252 e. The first-order valence-electron chi connectivity index (χ1n) is 52.6. The zero-order valence-electron chi connectivity index (χ0n) is 91.8. The largest absolute Gasteiger partial charge is 0.311 e. The molecule has 0 saturated carbocycles. The van der Waals surface area contributed by atoms with E-state index in [1.165, 1.54) is 0 Å². The predicted octanol–water partition coefficient (Wildman–Crippen LogP) is 33.0. The molecule has 0 spiro atoms. The Bertz CT molecular complexity index is 8630. The Kier molecular flexibility index (Phi) is 14.9. The molecular formula is C124H115BN4. The fraction of sp³-hybridized carbons (Fsp3) is 0.226. The Labute approximate surface area is 780 Å². The first-order valence-corrected chi connectivity index (χ1v) is 45.6. The summed E-state index contributed by atoms with van der Waals surface area (Å²) in [6.45, 7) is 46.7. The maximum absolute atomic E-state index is 10.6. The van der Waals surface area contributed by atoms with E-state index in [0.29, 0.717) is 54.7 Å². The number of benzene rings is 16. The van der Waals surface area contributed by atoms with Gasteiger partial charge in [0.05, 0.1) is 63.7 Å². The van der Waals surface area contributed by atoms with Crippen molar-refractivity contribution in [2.75, 3.05) is 9.80 Å². The molecule has 4 aromatic heterocycles. The zero-order valence-corrected chi connectivity index (χ0v) is 77.8. The normalized spacial score (nSPS) is 15.1. The molecule has 2 aliphatic heterocycles. The lowest BCUT2D eigenvalue weighted by Gasteiger charge is -2.45. The Hall–Kier alpha value is -13.2. The molecule has 0 radical (unpaired) electrons. The van der Waals surface area contributed by atoms with Gasteiger partial charge in [0.2, 0.25) is 0 Å². The minimum atomic E-state index is -0.860. The molecule has 4 nitrogen and oxygen atoms in total. The molecule has 634 valence electrons. The van der Waals surface area contributed by atoms with E-state index in [-0.39, 0.29) is 130 Å². The van der Waals surface area contributed by atoms with Gasteiger partial charge in [0.15, 0.2) is 0 Å². The molecule has 0 saturated heterocycles. The molecule has 22 rings (SSSR count). The van der Waals surface area contributed by atoms with Gasteiger partial charge < -0.3 is 18.6 Å². The molecule has 129 heavy (non-hydrogen) atoms. The van der Waals surface area contributed by atoms with Crippen LogP contribution in [0.2, 0.25) is 0 Å². The van der Waals surface area contributed by atoms with Crippen LogP contribution in [-0.4, -0.2) is 15.5 Å². The third kappa shape index (κ3) is 13.0. The van der Waals surface area contributed by atoms with Crippen molar-refractivity contribution in [3.63, 3.8) is 0 Å². The van der Waals surface area contributed by atoms with E-state index in [9.17, 15) is 19.2 Å². The first-order chi connectivity index (χ1) is 67.2. The van der Waals surface area contributed by atoms with Gasteiger partial charge in [-0.25, -0.2) is 0 Å². The van der Waals surface area contributed by atoms with E-state index < -0.39 is 53.8 Å². The highest BCUT2D eigenvalue weighted by Crippen LogP contribution is 2.55. The Morgan fingerprint density at radius 3 is 0.837 bits per heavy atom. The second kappa shape index (κ2) is 28.6. The van der Waals surface area contributed by atoms with Crippen LogP contribution in [0.1, 0.15) is 204 Å². The quantitative estimate of drug-likeness (QED) is 0.160. The van der Waals surface area contributed by atoms with Crippen molar-refractivity contribution in [2.24, 2.45) is 0 Å². The van der Waals surface area contributed by atoms with E-state index in [2.05, 4.69) is 313 Å². The van der Waals surface area contributed by atoms with Crippen LogP contribution in [0.25, 0.3) is 153 Å². The first kappa shape index (κ1) is 67.1. The minimum absolute atomic E-state index is 0.0401. The van der Waals surface area contributed by atoms with E-state index >= 15 is 0 Å². The number of hydrogen-bond acceptors (Lipinski definition) is 2. The lowest BCUT2D eigenvalue weighted by atomic mass is 9.33. The highest BCUT2D eigenvalue weighted by atomic mass is 15.2. The summed E-state index contributed by atoms with van der Waals surface area (Å²) in [6, 6.07) is 77.5. The smallest absolute Gasteiger partial charge is 0.252 e. The van der Waals surface area contributed by atoms with Crippen LogP contribution in [0.15, 0.2) is 315 Å². The van der Waals surface area contributed by atoms with Gasteiger partial charge in [-0.2, -0.15) is 0 Å². The van der Waals surface area contributed by atoms with Gasteiger partial charge >= 0.3 is 0 Å². The number of para-hydroxylation sites is 4. The van der Waals surface area contributed by atoms with Gasteiger partial charge in [-0.15, -0.1) is 0 Å². The number of anilines is 6. The van der Waals surface area contributed by atoms with Crippen LogP contribution in [0, 0.1) is 0 Å². The average molecular weight is 1690 g/mol. The van der Waals surface area contributed by atoms with E-state index in [0.717, 1.165) is 133 Å². The molecule has 0 unspecified atom stereocenters. The average Bonchev–Trinajstić information content (AvgIpc) is 1.63. The fourth-order valence-electron chi connectivity index (χ4n) is 20.7. The number of hydrogen-bond donors (Lipinski definition) is 0. The van der Waals surface area contributed by atoms with Crippen molar-refractivity contribution < 1.29 is 19.2 Å². The van der Waals surface area contributed by atoms with Gasteiger partial charge in [-0.1, -0.05) is 400 Å².